The molecule has 0 fully saturated rings. The molecule has 0 heterocycles. The van der Waals surface area contributed by atoms with E-state index in [1.165, 1.54) is 5.56 Å². The summed E-state index contributed by atoms with van der Waals surface area (Å²) < 4.78 is 12.6. The van der Waals surface area contributed by atoms with Crippen LogP contribution < -0.4 is 11.1 Å². The molecular formula is C15H17FN2S. The van der Waals surface area contributed by atoms with Gasteiger partial charge in [-0.05, 0) is 36.4 Å². The van der Waals surface area contributed by atoms with Gasteiger partial charge < -0.3 is 11.1 Å². The van der Waals surface area contributed by atoms with Crippen LogP contribution in [0.15, 0.2) is 52.3 Å². The Morgan fingerprint density at radius 1 is 1.16 bits per heavy atom. The van der Waals surface area contributed by atoms with Crippen LogP contribution in [0, 0.1) is 0 Å². The Bertz CT molecular complexity index is 558. The van der Waals surface area contributed by atoms with Gasteiger partial charge in [-0.15, -0.1) is 0 Å². The Hall–Kier alpha value is -1.52. The van der Waals surface area contributed by atoms with Gasteiger partial charge in [0, 0.05) is 22.0 Å². The zero-order chi connectivity index (χ0) is 13.7. The van der Waals surface area contributed by atoms with Gasteiger partial charge in [0.15, 0.2) is 0 Å². The molecular weight excluding hydrogens is 259 g/mol. The SMILES string of the molecule is CNCc1ccccc1Sc1ccc(CF)cc1N. The average molecular weight is 276 g/mol. The van der Waals surface area contributed by atoms with Crippen molar-refractivity contribution in [1.82, 2.24) is 5.32 Å². The summed E-state index contributed by atoms with van der Waals surface area (Å²) in [6, 6.07) is 13.5. The molecule has 19 heavy (non-hydrogen) atoms. The van der Waals surface area contributed by atoms with Crippen molar-refractivity contribution in [1.29, 1.82) is 0 Å². The predicted octanol–water partition coefficient (Wildman–Crippen LogP) is 3.61. The molecule has 2 rings (SSSR count). The summed E-state index contributed by atoms with van der Waals surface area (Å²) in [7, 11) is 1.92. The molecule has 0 aliphatic heterocycles. The summed E-state index contributed by atoms with van der Waals surface area (Å²) >= 11 is 1.61. The molecule has 0 aliphatic carbocycles. The maximum Gasteiger partial charge on any atom is 0.115 e. The second kappa shape index (κ2) is 6.59. The van der Waals surface area contributed by atoms with Crippen molar-refractivity contribution in [3.05, 3.63) is 53.6 Å². The van der Waals surface area contributed by atoms with Crippen molar-refractivity contribution >= 4 is 17.4 Å². The lowest BCUT2D eigenvalue weighted by molar-refractivity contribution is 0.485. The third-order valence-electron chi connectivity index (χ3n) is 2.79. The number of nitrogens with one attached hydrogen (secondary N) is 1. The molecule has 0 unspecified atom stereocenters. The number of benzene rings is 2. The Kier molecular flexibility index (Phi) is 4.82. The molecule has 0 atom stereocenters. The molecule has 0 spiro atoms. The fourth-order valence-corrected chi connectivity index (χ4v) is 2.80. The molecule has 3 N–H and O–H groups in total. The number of hydrogen-bond acceptors (Lipinski definition) is 3. The van der Waals surface area contributed by atoms with Crippen LogP contribution in [0.2, 0.25) is 0 Å². The van der Waals surface area contributed by atoms with Crippen molar-refractivity contribution in [2.24, 2.45) is 0 Å². The van der Waals surface area contributed by atoms with Crippen LogP contribution in [0.4, 0.5) is 10.1 Å². The van der Waals surface area contributed by atoms with Crippen LogP contribution in [0.5, 0.6) is 0 Å². The third-order valence-corrected chi connectivity index (χ3v) is 4.00. The molecule has 0 saturated heterocycles. The first-order valence-electron chi connectivity index (χ1n) is 6.09. The Labute approximate surface area is 117 Å². The molecule has 2 aromatic rings. The Balaban J connectivity index is 2.26. The van der Waals surface area contributed by atoms with E-state index in [2.05, 4.69) is 17.4 Å². The highest BCUT2D eigenvalue weighted by Gasteiger charge is 2.06. The molecule has 0 aromatic heterocycles. The first-order chi connectivity index (χ1) is 9.24. The predicted molar refractivity (Wildman–Crippen MR) is 79.0 cm³/mol. The topological polar surface area (TPSA) is 38.0 Å². The molecule has 2 aromatic carbocycles. The van der Waals surface area contributed by atoms with Crippen molar-refractivity contribution in [3.63, 3.8) is 0 Å². The van der Waals surface area contributed by atoms with Crippen molar-refractivity contribution in [2.75, 3.05) is 12.8 Å². The van der Waals surface area contributed by atoms with Gasteiger partial charge in [-0.2, -0.15) is 0 Å². The third kappa shape index (κ3) is 3.49. The zero-order valence-corrected chi connectivity index (χ0v) is 11.6. The molecule has 4 heteroatoms. The van der Waals surface area contributed by atoms with E-state index in [1.807, 2.05) is 25.2 Å². The number of nitrogen functional groups attached to an aromatic ring is 1. The summed E-state index contributed by atoms with van der Waals surface area (Å²) in [5.74, 6) is 0. The van der Waals surface area contributed by atoms with E-state index in [4.69, 9.17) is 5.73 Å². The lowest BCUT2D eigenvalue weighted by Gasteiger charge is -2.10. The maximum atomic E-state index is 12.6. The van der Waals surface area contributed by atoms with E-state index < -0.39 is 6.67 Å². The molecule has 100 valence electrons. The normalized spacial score (nSPS) is 10.6. The van der Waals surface area contributed by atoms with E-state index >= 15 is 0 Å². The molecule has 0 amide bonds. The van der Waals surface area contributed by atoms with E-state index in [0.29, 0.717) is 11.3 Å². The lowest BCUT2D eigenvalue weighted by Crippen LogP contribution is -2.05. The van der Waals surface area contributed by atoms with Gasteiger partial charge in [0.2, 0.25) is 0 Å². The van der Waals surface area contributed by atoms with E-state index in [0.717, 1.165) is 16.3 Å². The maximum absolute atomic E-state index is 12.6. The largest absolute Gasteiger partial charge is 0.398 e. The molecule has 2 nitrogen and oxygen atoms in total. The highest BCUT2D eigenvalue weighted by atomic mass is 32.2. The summed E-state index contributed by atoms with van der Waals surface area (Å²) in [6.07, 6.45) is 0. The van der Waals surface area contributed by atoms with Crippen LogP contribution in [-0.4, -0.2) is 7.05 Å². The number of anilines is 1. The minimum atomic E-state index is -0.481. The van der Waals surface area contributed by atoms with Crippen LogP contribution in [0.1, 0.15) is 11.1 Å². The Morgan fingerprint density at radius 2 is 1.95 bits per heavy atom. The molecule has 0 radical (unpaired) electrons. The first kappa shape index (κ1) is 13.9. The summed E-state index contributed by atoms with van der Waals surface area (Å²) in [5, 5.41) is 3.15. The van der Waals surface area contributed by atoms with Crippen LogP contribution >= 0.6 is 11.8 Å². The fraction of sp³-hybridized carbons (Fsp3) is 0.200. The van der Waals surface area contributed by atoms with Gasteiger partial charge in [0.25, 0.3) is 0 Å². The molecule has 0 bridgehead atoms. The highest BCUT2D eigenvalue weighted by Crippen LogP contribution is 2.34. The van der Waals surface area contributed by atoms with Gasteiger partial charge in [0.05, 0.1) is 0 Å². The lowest BCUT2D eigenvalue weighted by atomic mass is 10.2. The van der Waals surface area contributed by atoms with Crippen molar-refractivity contribution in [3.8, 4) is 0 Å². The standard InChI is InChI=1S/C15H17FN2S/c1-18-10-12-4-2-3-5-14(12)19-15-7-6-11(9-16)8-13(15)17/h2-8,18H,9-10,17H2,1H3. The van der Waals surface area contributed by atoms with Gasteiger partial charge in [-0.25, -0.2) is 4.39 Å². The second-order valence-electron chi connectivity index (χ2n) is 4.25. The van der Waals surface area contributed by atoms with Crippen molar-refractivity contribution < 1.29 is 4.39 Å². The minimum absolute atomic E-state index is 0.481. The van der Waals surface area contributed by atoms with Crippen LogP contribution in [-0.2, 0) is 13.2 Å². The fourth-order valence-electron chi connectivity index (χ4n) is 1.83. The summed E-state index contributed by atoms with van der Waals surface area (Å²) in [5.41, 5.74) is 8.43. The minimum Gasteiger partial charge on any atom is -0.398 e. The van der Waals surface area contributed by atoms with E-state index in [-0.39, 0.29) is 0 Å². The van der Waals surface area contributed by atoms with Gasteiger partial charge in [0.1, 0.15) is 6.67 Å². The number of rotatable bonds is 5. The number of halogens is 1. The molecule has 0 saturated carbocycles. The van der Waals surface area contributed by atoms with Crippen LogP contribution in [0.3, 0.4) is 0 Å². The highest BCUT2D eigenvalue weighted by molar-refractivity contribution is 7.99. The van der Waals surface area contributed by atoms with Crippen LogP contribution in [0.25, 0.3) is 0 Å². The van der Waals surface area contributed by atoms with Gasteiger partial charge >= 0.3 is 0 Å². The average Bonchev–Trinajstić information content (AvgIpc) is 2.43. The Morgan fingerprint density at radius 3 is 2.63 bits per heavy atom. The second-order valence-corrected chi connectivity index (χ2v) is 5.33. The smallest absolute Gasteiger partial charge is 0.115 e. The number of alkyl halides is 1. The van der Waals surface area contributed by atoms with Gasteiger partial charge in [-0.3, -0.25) is 0 Å². The van der Waals surface area contributed by atoms with Gasteiger partial charge in [-0.1, -0.05) is 36.0 Å². The zero-order valence-electron chi connectivity index (χ0n) is 10.8. The monoisotopic (exact) mass is 276 g/mol. The quantitative estimate of drug-likeness (QED) is 0.819. The summed E-state index contributed by atoms with van der Waals surface area (Å²) in [4.78, 5) is 2.12. The van der Waals surface area contributed by atoms with Crippen molar-refractivity contribution in [2.45, 2.75) is 23.0 Å². The number of hydrogen-bond donors (Lipinski definition) is 2. The van der Waals surface area contributed by atoms with E-state index in [9.17, 15) is 4.39 Å². The molecule has 0 aliphatic rings. The summed E-state index contributed by atoms with van der Waals surface area (Å²) in [6.45, 7) is 0.330. The first-order valence-corrected chi connectivity index (χ1v) is 6.91. The number of nitrogens with two attached hydrogens (primary N) is 1. The van der Waals surface area contributed by atoms with E-state index in [1.54, 1.807) is 23.9 Å².